The fourth-order valence-electron chi connectivity index (χ4n) is 1.41. The van der Waals surface area contributed by atoms with Crippen LogP contribution in [0.4, 0.5) is 0 Å². The van der Waals surface area contributed by atoms with E-state index in [4.69, 9.17) is 5.73 Å². The zero-order valence-electron chi connectivity index (χ0n) is 6.66. The van der Waals surface area contributed by atoms with Gasteiger partial charge in [-0.1, -0.05) is 0 Å². The maximum atomic E-state index is 9.24. The van der Waals surface area contributed by atoms with E-state index < -0.39 is 0 Å². The summed E-state index contributed by atoms with van der Waals surface area (Å²) in [5.74, 6) is 1.39. The minimum absolute atomic E-state index is 0.105. The van der Waals surface area contributed by atoms with Crippen LogP contribution < -0.4 is 5.73 Å². The Balaban J connectivity index is 2.47. The summed E-state index contributed by atoms with van der Waals surface area (Å²) in [6.07, 6.45) is 1.00. The van der Waals surface area contributed by atoms with E-state index in [2.05, 4.69) is 0 Å². The standard InChI is InChI=1S/C9H11NOS/c10-8-3-4-12-9-2-1-6(11)5-7(8)9/h1-2,5,8,11H,3-4,10H2/t8-/m0/s1. The molecule has 1 aliphatic heterocycles. The predicted octanol–water partition coefficient (Wildman–Crippen LogP) is 1.89. The van der Waals surface area contributed by atoms with Crippen molar-refractivity contribution in [2.45, 2.75) is 17.4 Å². The van der Waals surface area contributed by atoms with Gasteiger partial charge in [-0.2, -0.15) is 0 Å². The SMILES string of the molecule is N[C@H]1CCSc2ccc(O)cc21. The number of thioether (sulfide) groups is 1. The van der Waals surface area contributed by atoms with E-state index in [-0.39, 0.29) is 6.04 Å². The second kappa shape index (κ2) is 2.99. The zero-order valence-corrected chi connectivity index (χ0v) is 7.47. The molecule has 1 atom stereocenters. The average Bonchev–Trinajstić information content (AvgIpc) is 2.07. The molecule has 3 N–H and O–H groups in total. The van der Waals surface area contributed by atoms with Crippen LogP contribution in [-0.2, 0) is 0 Å². The fourth-order valence-corrected chi connectivity index (χ4v) is 2.54. The number of aromatic hydroxyl groups is 1. The molecule has 0 fully saturated rings. The van der Waals surface area contributed by atoms with Crippen molar-refractivity contribution in [3.05, 3.63) is 23.8 Å². The average molecular weight is 181 g/mol. The highest BCUT2D eigenvalue weighted by molar-refractivity contribution is 7.99. The van der Waals surface area contributed by atoms with Gasteiger partial charge in [-0.15, -0.1) is 11.8 Å². The molecule has 1 heterocycles. The van der Waals surface area contributed by atoms with Crippen LogP contribution in [0.1, 0.15) is 18.0 Å². The second-order valence-corrected chi connectivity index (χ2v) is 4.10. The molecule has 0 saturated carbocycles. The third kappa shape index (κ3) is 1.30. The van der Waals surface area contributed by atoms with E-state index in [1.165, 1.54) is 4.90 Å². The summed E-state index contributed by atoms with van der Waals surface area (Å²) in [5.41, 5.74) is 6.98. The molecule has 1 aliphatic rings. The highest BCUT2D eigenvalue weighted by Gasteiger charge is 2.16. The summed E-state index contributed by atoms with van der Waals surface area (Å²) >= 11 is 1.81. The van der Waals surface area contributed by atoms with E-state index in [1.54, 1.807) is 12.1 Å². The van der Waals surface area contributed by atoms with Gasteiger partial charge >= 0.3 is 0 Å². The highest BCUT2D eigenvalue weighted by Crippen LogP contribution is 2.36. The number of phenolic OH excluding ortho intramolecular Hbond substituents is 1. The largest absolute Gasteiger partial charge is 0.508 e. The van der Waals surface area contributed by atoms with Crippen LogP contribution in [0.25, 0.3) is 0 Å². The maximum Gasteiger partial charge on any atom is 0.115 e. The first kappa shape index (κ1) is 7.95. The Morgan fingerprint density at radius 3 is 3.17 bits per heavy atom. The molecule has 0 bridgehead atoms. The van der Waals surface area contributed by atoms with Gasteiger partial charge in [0.25, 0.3) is 0 Å². The van der Waals surface area contributed by atoms with Gasteiger partial charge in [0.1, 0.15) is 5.75 Å². The molecule has 1 aromatic carbocycles. The molecule has 0 unspecified atom stereocenters. The Bertz CT molecular complexity index is 301. The Labute approximate surface area is 75.8 Å². The minimum atomic E-state index is 0.105. The van der Waals surface area contributed by atoms with Gasteiger partial charge in [0.05, 0.1) is 0 Å². The van der Waals surface area contributed by atoms with Crippen LogP contribution in [0, 0.1) is 0 Å². The van der Waals surface area contributed by atoms with Crippen molar-refractivity contribution < 1.29 is 5.11 Å². The summed E-state index contributed by atoms with van der Waals surface area (Å²) in [5, 5.41) is 9.24. The van der Waals surface area contributed by atoms with Gasteiger partial charge in [0.15, 0.2) is 0 Å². The molecule has 2 rings (SSSR count). The summed E-state index contributed by atoms with van der Waals surface area (Å²) in [6, 6.07) is 5.53. The van der Waals surface area contributed by atoms with Crippen LogP contribution in [0.15, 0.2) is 23.1 Å². The molecule has 0 radical (unpaired) electrons. The number of phenols is 1. The number of hydrogen-bond donors (Lipinski definition) is 2. The van der Waals surface area contributed by atoms with Gasteiger partial charge in [-0.25, -0.2) is 0 Å². The molecule has 1 aromatic rings. The zero-order chi connectivity index (χ0) is 8.55. The molecular formula is C9H11NOS. The molecule has 12 heavy (non-hydrogen) atoms. The number of benzene rings is 1. The molecule has 0 saturated heterocycles. The normalized spacial score (nSPS) is 21.9. The van der Waals surface area contributed by atoms with Crippen molar-refractivity contribution in [3.8, 4) is 5.75 Å². The first-order chi connectivity index (χ1) is 5.77. The predicted molar refractivity (Wildman–Crippen MR) is 50.4 cm³/mol. The summed E-state index contributed by atoms with van der Waals surface area (Å²) in [4.78, 5) is 1.21. The first-order valence-corrected chi connectivity index (χ1v) is 4.97. The van der Waals surface area contributed by atoms with Gasteiger partial charge in [-0.3, -0.25) is 0 Å². The van der Waals surface area contributed by atoms with Crippen LogP contribution in [0.2, 0.25) is 0 Å². The Morgan fingerprint density at radius 1 is 1.50 bits per heavy atom. The molecular weight excluding hydrogens is 170 g/mol. The number of hydrogen-bond acceptors (Lipinski definition) is 3. The molecule has 3 heteroatoms. The Kier molecular flexibility index (Phi) is 1.98. The van der Waals surface area contributed by atoms with Crippen molar-refractivity contribution in [2.24, 2.45) is 5.73 Å². The van der Waals surface area contributed by atoms with Gasteiger partial charge < -0.3 is 10.8 Å². The lowest BCUT2D eigenvalue weighted by Crippen LogP contribution is -2.15. The van der Waals surface area contributed by atoms with E-state index in [1.807, 2.05) is 17.8 Å². The molecule has 0 aliphatic carbocycles. The van der Waals surface area contributed by atoms with Crippen molar-refractivity contribution in [1.29, 1.82) is 0 Å². The first-order valence-electron chi connectivity index (χ1n) is 3.98. The smallest absolute Gasteiger partial charge is 0.115 e. The van der Waals surface area contributed by atoms with Crippen molar-refractivity contribution >= 4 is 11.8 Å². The lowest BCUT2D eigenvalue weighted by Gasteiger charge is -2.21. The van der Waals surface area contributed by atoms with Crippen molar-refractivity contribution in [1.82, 2.24) is 0 Å². The quantitative estimate of drug-likeness (QED) is 0.642. The van der Waals surface area contributed by atoms with Crippen LogP contribution in [0.3, 0.4) is 0 Å². The van der Waals surface area contributed by atoms with E-state index >= 15 is 0 Å². The number of rotatable bonds is 0. The third-order valence-electron chi connectivity index (χ3n) is 2.08. The third-order valence-corrected chi connectivity index (χ3v) is 3.20. The van der Waals surface area contributed by atoms with Crippen LogP contribution in [-0.4, -0.2) is 10.9 Å². The second-order valence-electron chi connectivity index (χ2n) is 2.97. The molecule has 0 aromatic heterocycles. The van der Waals surface area contributed by atoms with E-state index in [9.17, 15) is 5.11 Å². The summed E-state index contributed by atoms with van der Waals surface area (Å²) in [6.45, 7) is 0. The highest BCUT2D eigenvalue weighted by atomic mass is 32.2. The fraction of sp³-hybridized carbons (Fsp3) is 0.333. The topological polar surface area (TPSA) is 46.2 Å². The minimum Gasteiger partial charge on any atom is -0.508 e. The molecule has 0 spiro atoms. The van der Waals surface area contributed by atoms with Gasteiger partial charge in [-0.05, 0) is 35.9 Å². The van der Waals surface area contributed by atoms with Crippen LogP contribution in [0.5, 0.6) is 5.75 Å². The summed E-state index contributed by atoms with van der Waals surface area (Å²) in [7, 11) is 0. The van der Waals surface area contributed by atoms with E-state index in [0.29, 0.717) is 5.75 Å². The van der Waals surface area contributed by atoms with Crippen molar-refractivity contribution in [2.75, 3.05) is 5.75 Å². The monoisotopic (exact) mass is 181 g/mol. The number of fused-ring (bicyclic) bond motifs is 1. The van der Waals surface area contributed by atoms with Crippen molar-refractivity contribution in [3.63, 3.8) is 0 Å². The maximum absolute atomic E-state index is 9.24. The molecule has 0 amide bonds. The lowest BCUT2D eigenvalue weighted by molar-refractivity contribution is 0.472. The van der Waals surface area contributed by atoms with Crippen LogP contribution >= 0.6 is 11.8 Å². The number of nitrogens with two attached hydrogens (primary N) is 1. The van der Waals surface area contributed by atoms with Gasteiger partial charge in [0.2, 0.25) is 0 Å². The van der Waals surface area contributed by atoms with Gasteiger partial charge in [0, 0.05) is 10.9 Å². The van der Waals surface area contributed by atoms with E-state index in [0.717, 1.165) is 17.7 Å². The Morgan fingerprint density at radius 2 is 2.33 bits per heavy atom. The molecule has 64 valence electrons. The lowest BCUT2D eigenvalue weighted by atomic mass is 10.0. The molecule has 2 nitrogen and oxygen atoms in total. The Hall–Kier alpha value is -0.670. The summed E-state index contributed by atoms with van der Waals surface area (Å²) < 4.78 is 0.